The van der Waals surface area contributed by atoms with Gasteiger partial charge in [0.1, 0.15) is 0 Å². The minimum absolute atomic E-state index is 0.00567. The second kappa shape index (κ2) is 4.41. The largest absolute Gasteiger partial charge is 0.481 e. The minimum atomic E-state index is -0.633. The summed E-state index contributed by atoms with van der Waals surface area (Å²) in [7, 11) is 0. The van der Waals surface area contributed by atoms with Crippen LogP contribution in [-0.4, -0.2) is 16.8 Å². The molecule has 0 amide bonds. The molecule has 0 aliphatic heterocycles. The number of hydrogen-bond donors (Lipinski definition) is 1. The van der Waals surface area contributed by atoms with Crippen LogP contribution in [0.2, 0.25) is 0 Å². The molecule has 0 saturated heterocycles. The highest BCUT2D eigenvalue weighted by Crippen LogP contribution is 2.59. The van der Waals surface area contributed by atoms with Gasteiger partial charge in [-0.2, -0.15) is 11.8 Å². The van der Waals surface area contributed by atoms with Gasteiger partial charge in [-0.15, -0.1) is 11.3 Å². The Hall–Kier alpha value is -0.480. The Bertz CT molecular complexity index is 370. The van der Waals surface area contributed by atoms with Crippen molar-refractivity contribution < 1.29 is 9.90 Å². The van der Waals surface area contributed by atoms with E-state index in [9.17, 15) is 4.79 Å². The lowest BCUT2D eigenvalue weighted by Gasteiger charge is -2.01. The number of carboxylic acids is 1. The van der Waals surface area contributed by atoms with Crippen molar-refractivity contribution in [3.63, 3.8) is 0 Å². The molecule has 16 heavy (non-hydrogen) atoms. The molecular weight excluding hydrogens is 240 g/mol. The maximum absolute atomic E-state index is 11.0. The molecule has 2 nitrogen and oxygen atoms in total. The number of thiophene rings is 1. The Morgan fingerprint density at radius 2 is 2.38 bits per heavy atom. The zero-order valence-electron chi connectivity index (χ0n) is 9.47. The number of carbonyl (C=O) groups is 1. The Morgan fingerprint density at radius 1 is 1.62 bits per heavy atom. The van der Waals surface area contributed by atoms with Crippen LogP contribution in [0.4, 0.5) is 0 Å². The Kier molecular flexibility index (Phi) is 3.31. The molecular formula is C12H16O2S2. The van der Waals surface area contributed by atoms with Crippen LogP contribution in [0.3, 0.4) is 0 Å². The van der Waals surface area contributed by atoms with E-state index in [0.29, 0.717) is 5.92 Å². The predicted molar refractivity (Wildman–Crippen MR) is 68.9 cm³/mol. The van der Waals surface area contributed by atoms with Gasteiger partial charge in [0.15, 0.2) is 0 Å². The molecule has 1 aromatic heterocycles. The molecule has 88 valence electrons. The smallest absolute Gasteiger partial charge is 0.307 e. The van der Waals surface area contributed by atoms with Gasteiger partial charge >= 0.3 is 5.97 Å². The quantitative estimate of drug-likeness (QED) is 0.878. The molecule has 1 saturated carbocycles. The van der Waals surface area contributed by atoms with Gasteiger partial charge in [0.2, 0.25) is 0 Å². The van der Waals surface area contributed by atoms with E-state index in [1.54, 1.807) is 11.3 Å². The highest BCUT2D eigenvalue weighted by Gasteiger charge is 2.61. The molecule has 1 heterocycles. The van der Waals surface area contributed by atoms with E-state index in [1.165, 1.54) is 4.88 Å². The first kappa shape index (κ1) is 12.0. The van der Waals surface area contributed by atoms with Crippen LogP contribution in [-0.2, 0) is 10.5 Å². The highest BCUT2D eigenvalue weighted by atomic mass is 32.2. The van der Waals surface area contributed by atoms with Crippen LogP contribution in [0.15, 0.2) is 17.5 Å². The first-order chi connectivity index (χ1) is 7.53. The van der Waals surface area contributed by atoms with Gasteiger partial charge in [-0.3, -0.25) is 4.79 Å². The number of aliphatic carboxylic acids is 1. The summed E-state index contributed by atoms with van der Waals surface area (Å²) in [6.07, 6.45) is 0. The van der Waals surface area contributed by atoms with Gasteiger partial charge in [0.25, 0.3) is 0 Å². The first-order valence-corrected chi connectivity index (χ1v) is 7.40. The average molecular weight is 256 g/mol. The lowest BCUT2D eigenvalue weighted by Crippen LogP contribution is -2.03. The topological polar surface area (TPSA) is 37.3 Å². The first-order valence-electron chi connectivity index (χ1n) is 5.36. The zero-order chi connectivity index (χ0) is 11.8. The van der Waals surface area contributed by atoms with Crippen LogP contribution in [0, 0.1) is 17.3 Å². The zero-order valence-corrected chi connectivity index (χ0v) is 11.1. The average Bonchev–Trinajstić information content (AvgIpc) is 2.62. The van der Waals surface area contributed by atoms with Crippen LogP contribution in [0.5, 0.6) is 0 Å². The lowest BCUT2D eigenvalue weighted by molar-refractivity contribution is -0.139. The SMILES string of the molecule is CC1(C)[C@H](C(=O)O)[C@@H]1CSCc1cccs1. The van der Waals surface area contributed by atoms with Crippen LogP contribution in [0.25, 0.3) is 0 Å². The van der Waals surface area contributed by atoms with E-state index < -0.39 is 5.97 Å². The second-order valence-electron chi connectivity index (χ2n) is 4.84. The van der Waals surface area contributed by atoms with Crippen molar-refractivity contribution >= 4 is 29.1 Å². The van der Waals surface area contributed by atoms with E-state index in [1.807, 2.05) is 11.8 Å². The third-order valence-corrected chi connectivity index (χ3v) is 5.61. The van der Waals surface area contributed by atoms with E-state index in [-0.39, 0.29) is 11.3 Å². The molecule has 4 heteroatoms. The predicted octanol–water partition coefficient (Wildman–Crippen LogP) is 3.34. The van der Waals surface area contributed by atoms with Crippen molar-refractivity contribution in [1.29, 1.82) is 0 Å². The minimum Gasteiger partial charge on any atom is -0.481 e. The lowest BCUT2D eigenvalue weighted by atomic mass is 10.1. The summed E-state index contributed by atoms with van der Waals surface area (Å²) in [6.45, 7) is 4.12. The fourth-order valence-electron chi connectivity index (χ4n) is 2.23. The van der Waals surface area contributed by atoms with E-state index >= 15 is 0 Å². The number of thioether (sulfide) groups is 1. The summed E-state index contributed by atoms with van der Waals surface area (Å²) in [5.74, 6) is 1.54. The van der Waals surface area contributed by atoms with Gasteiger partial charge < -0.3 is 5.11 Å². The van der Waals surface area contributed by atoms with Crippen molar-refractivity contribution in [2.75, 3.05) is 5.75 Å². The number of rotatable bonds is 5. The summed E-state index contributed by atoms with van der Waals surface area (Å²) in [5, 5.41) is 11.1. The molecule has 1 fully saturated rings. The second-order valence-corrected chi connectivity index (χ2v) is 6.90. The van der Waals surface area contributed by atoms with Gasteiger partial charge in [-0.05, 0) is 28.5 Å². The molecule has 1 N–H and O–H groups in total. The van der Waals surface area contributed by atoms with E-state index in [2.05, 4.69) is 31.4 Å². The Morgan fingerprint density at radius 3 is 2.88 bits per heavy atom. The summed E-state index contributed by atoms with van der Waals surface area (Å²) in [4.78, 5) is 12.3. The molecule has 1 aromatic rings. The van der Waals surface area contributed by atoms with Crippen molar-refractivity contribution in [1.82, 2.24) is 0 Å². The number of hydrogen-bond acceptors (Lipinski definition) is 3. The molecule has 1 aliphatic carbocycles. The fraction of sp³-hybridized carbons (Fsp3) is 0.583. The molecule has 1 aliphatic rings. The molecule has 2 rings (SSSR count). The van der Waals surface area contributed by atoms with E-state index in [4.69, 9.17) is 5.11 Å². The Labute approximate surface area is 104 Å². The molecule has 0 unspecified atom stereocenters. The molecule has 0 spiro atoms. The maximum Gasteiger partial charge on any atom is 0.307 e. The normalized spacial score (nSPS) is 26.6. The maximum atomic E-state index is 11.0. The fourth-order valence-corrected chi connectivity index (χ4v) is 4.53. The molecule has 0 aromatic carbocycles. The number of carboxylic acid groups (broad SMARTS) is 1. The van der Waals surface area contributed by atoms with Gasteiger partial charge in [-0.25, -0.2) is 0 Å². The molecule has 2 atom stereocenters. The van der Waals surface area contributed by atoms with Crippen molar-refractivity contribution in [2.24, 2.45) is 17.3 Å². The van der Waals surface area contributed by atoms with Crippen molar-refractivity contribution in [2.45, 2.75) is 19.6 Å². The molecule has 0 bridgehead atoms. The van der Waals surface area contributed by atoms with Crippen LogP contribution < -0.4 is 0 Å². The highest BCUT2D eigenvalue weighted by molar-refractivity contribution is 7.98. The third-order valence-electron chi connectivity index (χ3n) is 3.44. The summed E-state index contributed by atoms with van der Waals surface area (Å²) < 4.78 is 0. The van der Waals surface area contributed by atoms with Gasteiger partial charge in [0, 0.05) is 10.6 Å². The third kappa shape index (κ3) is 2.28. The standard InChI is InChI=1S/C12H16O2S2/c1-12(2)9(10(12)11(13)14)7-15-6-8-4-3-5-16-8/h3-5,9-10H,6-7H2,1-2H3,(H,13,14)/t9-,10-/m0/s1. The van der Waals surface area contributed by atoms with Crippen LogP contribution in [0.1, 0.15) is 18.7 Å². The summed E-state index contributed by atoms with van der Waals surface area (Å²) >= 11 is 3.62. The molecule has 0 radical (unpaired) electrons. The van der Waals surface area contributed by atoms with Crippen molar-refractivity contribution in [3.8, 4) is 0 Å². The summed E-state index contributed by atoms with van der Waals surface area (Å²) in [5.41, 5.74) is -0.00567. The monoisotopic (exact) mass is 256 g/mol. The summed E-state index contributed by atoms with van der Waals surface area (Å²) in [6, 6.07) is 4.19. The van der Waals surface area contributed by atoms with Gasteiger partial charge in [-0.1, -0.05) is 19.9 Å². The van der Waals surface area contributed by atoms with Gasteiger partial charge in [0.05, 0.1) is 5.92 Å². The Balaban J connectivity index is 1.78. The van der Waals surface area contributed by atoms with Crippen molar-refractivity contribution in [3.05, 3.63) is 22.4 Å². The van der Waals surface area contributed by atoms with E-state index in [0.717, 1.165) is 11.5 Å². The van der Waals surface area contributed by atoms with Crippen LogP contribution >= 0.6 is 23.1 Å².